The molecule has 0 radical (unpaired) electrons. The van der Waals surface area contributed by atoms with Crippen LogP contribution in [0, 0.1) is 11.2 Å². The second-order valence-corrected chi connectivity index (χ2v) is 3.30. The highest BCUT2D eigenvalue weighted by Crippen LogP contribution is 2.16. The molecule has 0 aliphatic rings. The second kappa shape index (κ2) is 8.31. The predicted molar refractivity (Wildman–Crippen MR) is 72.7 cm³/mol. The average molecular weight is 291 g/mol. The summed E-state index contributed by atoms with van der Waals surface area (Å²) < 4.78 is 23.2. The normalized spacial score (nSPS) is 9.21. The van der Waals surface area contributed by atoms with Crippen LogP contribution in [0.5, 0.6) is 0 Å². The highest BCUT2D eigenvalue weighted by molar-refractivity contribution is 5.93. The van der Waals surface area contributed by atoms with Crippen LogP contribution in [0.15, 0.2) is 18.2 Å². The van der Waals surface area contributed by atoms with Gasteiger partial charge in [0, 0.05) is 5.56 Å². The standard InChI is InChI=1S/C12H15FN2O3.ClH/c1-3-17-11(14)8-5-6-10(9(13)7-8)15-12(16)18-4-2;/h5-7,14H,3-4H2,1-2H3,(H,15,16);1H. The zero-order valence-corrected chi connectivity index (χ0v) is 11.5. The summed E-state index contributed by atoms with van der Waals surface area (Å²) in [5.74, 6) is -0.760. The Hall–Kier alpha value is -1.82. The number of anilines is 1. The van der Waals surface area contributed by atoms with Gasteiger partial charge in [-0.25, -0.2) is 9.18 Å². The second-order valence-electron chi connectivity index (χ2n) is 3.30. The minimum atomic E-state index is -0.718. The molecule has 106 valence electrons. The van der Waals surface area contributed by atoms with Crippen molar-refractivity contribution in [2.45, 2.75) is 13.8 Å². The minimum absolute atomic E-state index is 0. The van der Waals surface area contributed by atoms with Gasteiger partial charge in [0.05, 0.1) is 18.9 Å². The van der Waals surface area contributed by atoms with E-state index in [1.807, 2.05) is 0 Å². The number of carbonyl (C=O) groups excluding carboxylic acids is 1. The maximum absolute atomic E-state index is 13.6. The molecule has 1 aromatic carbocycles. The molecule has 0 heterocycles. The number of nitrogens with one attached hydrogen (secondary N) is 2. The van der Waals surface area contributed by atoms with Gasteiger partial charge in [-0.15, -0.1) is 12.4 Å². The van der Waals surface area contributed by atoms with Gasteiger partial charge in [0.1, 0.15) is 5.82 Å². The molecule has 1 rings (SSSR count). The van der Waals surface area contributed by atoms with E-state index >= 15 is 0 Å². The Morgan fingerprint density at radius 3 is 2.47 bits per heavy atom. The zero-order valence-electron chi connectivity index (χ0n) is 10.7. The molecule has 1 amide bonds. The Morgan fingerprint density at radius 2 is 1.95 bits per heavy atom. The summed E-state index contributed by atoms with van der Waals surface area (Å²) in [4.78, 5) is 11.1. The number of halogens is 2. The van der Waals surface area contributed by atoms with Crippen molar-refractivity contribution in [1.82, 2.24) is 0 Å². The van der Waals surface area contributed by atoms with Crippen LogP contribution in [0.3, 0.4) is 0 Å². The van der Waals surface area contributed by atoms with Crippen molar-refractivity contribution in [3.8, 4) is 0 Å². The average Bonchev–Trinajstić information content (AvgIpc) is 2.32. The number of rotatable bonds is 4. The summed E-state index contributed by atoms with van der Waals surface area (Å²) in [6.07, 6.45) is -0.718. The van der Waals surface area contributed by atoms with Gasteiger partial charge in [-0.2, -0.15) is 0 Å². The van der Waals surface area contributed by atoms with Gasteiger partial charge in [-0.1, -0.05) is 0 Å². The van der Waals surface area contributed by atoms with Crippen molar-refractivity contribution in [3.63, 3.8) is 0 Å². The lowest BCUT2D eigenvalue weighted by atomic mass is 10.2. The molecule has 0 saturated carbocycles. The molecule has 0 atom stereocenters. The van der Waals surface area contributed by atoms with Crippen LogP contribution in [0.25, 0.3) is 0 Å². The van der Waals surface area contributed by atoms with Crippen molar-refractivity contribution in [2.75, 3.05) is 18.5 Å². The Kier molecular flexibility index (Phi) is 7.52. The van der Waals surface area contributed by atoms with E-state index < -0.39 is 11.9 Å². The van der Waals surface area contributed by atoms with Crippen LogP contribution in [-0.2, 0) is 9.47 Å². The summed E-state index contributed by atoms with van der Waals surface area (Å²) in [5, 5.41) is 9.77. The van der Waals surface area contributed by atoms with E-state index in [-0.39, 0.29) is 30.6 Å². The molecular formula is C12H16ClFN2O3. The van der Waals surface area contributed by atoms with E-state index in [4.69, 9.17) is 10.1 Å². The zero-order chi connectivity index (χ0) is 13.5. The number of benzene rings is 1. The molecule has 0 fully saturated rings. The maximum Gasteiger partial charge on any atom is 0.411 e. The lowest BCUT2D eigenvalue weighted by Crippen LogP contribution is -2.14. The minimum Gasteiger partial charge on any atom is -0.478 e. The molecule has 5 nitrogen and oxygen atoms in total. The highest BCUT2D eigenvalue weighted by atomic mass is 35.5. The number of amides is 1. The van der Waals surface area contributed by atoms with Crippen LogP contribution < -0.4 is 5.32 Å². The number of hydrogen-bond donors (Lipinski definition) is 2. The number of ether oxygens (including phenoxy) is 2. The van der Waals surface area contributed by atoms with Crippen molar-refractivity contribution >= 4 is 30.1 Å². The third-order valence-corrected chi connectivity index (χ3v) is 2.03. The van der Waals surface area contributed by atoms with Crippen LogP contribution in [-0.4, -0.2) is 25.2 Å². The molecule has 0 saturated heterocycles. The molecule has 0 bridgehead atoms. The Morgan fingerprint density at radius 1 is 1.32 bits per heavy atom. The first-order chi connectivity index (χ1) is 8.58. The fourth-order valence-electron chi connectivity index (χ4n) is 1.26. The predicted octanol–water partition coefficient (Wildman–Crippen LogP) is 3.18. The fourth-order valence-corrected chi connectivity index (χ4v) is 1.26. The molecule has 0 spiro atoms. The lowest BCUT2D eigenvalue weighted by Gasteiger charge is -2.09. The smallest absolute Gasteiger partial charge is 0.411 e. The molecule has 2 N–H and O–H groups in total. The monoisotopic (exact) mass is 290 g/mol. The van der Waals surface area contributed by atoms with E-state index in [1.54, 1.807) is 13.8 Å². The SMILES string of the molecule is CCOC(=N)c1ccc(NC(=O)OCC)c(F)c1.Cl. The van der Waals surface area contributed by atoms with E-state index in [2.05, 4.69) is 10.1 Å². The summed E-state index contributed by atoms with van der Waals surface area (Å²) in [6, 6.07) is 3.97. The van der Waals surface area contributed by atoms with Gasteiger partial charge in [-0.05, 0) is 32.0 Å². The lowest BCUT2D eigenvalue weighted by molar-refractivity contribution is 0.168. The van der Waals surface area contributed by atoms with Crippen molar-refractivity contribution in [3.05, 3.63) is 29.6 Å². The largest absolute Gasteiger partial charge is 0.478 e. The third-order valence-electron chi connectivity index (χ3n) is 2.03. The number of hydrogen-bond acceptors (Lipinski definition) is 4. The van der Waals surface area contributed by atoms with Crippen LogP contribution >= 0.6 is 12.4 Å². The van der Waals surface area contributed by atoms with Crippen molar-refractivity contribution < 1.29 is 18.7 Å². The first-order valence-electron chi connectivity index (χ1n) is 5.53. The van der Waals surface area contributed by atoms with Gasteiger partial charge in [-0.3, -0.25) is 10.7 Å². The molecule has 7 heteroatoms. The van der Waals surface area contributed by atoms with E-state index in [9.17, 15) is 9.18 Å². The Balaban J connectivity index is 0.00000324. The summed E-state index contributed by atoms with van der Waals surface area (Å²) in [7, 11) is 0. The van der Waals surface area contributed by atoms with Gasteiger partial charge >= 0.3 is 6.09 Å². The summed E-state index contributed by atoms with van der Waals surface area (Å²) in [6.45, 7) is 3.94. The number of carbonyl (C=O) groups is 1. The first kappa shape index (κ1) is 17.2. The van der Waals surface area contributed by atoms with E-state index in [1.165, 1.54) is 12.1 Å². The third kappa shape index (κ3) is 5.13. The molecule has 0 aromatic heterocycles. The van der Waals surface area contributed by atoms with Crippen LogP contribution in [0.2, 0.25) is 0 Å². The Bertz CT molecular complexity index is 455. The van der Waals surface area contributed by atoms with Gasteiger partial charge < -0.3 is 9.47 Å². The van der Waals surface area contributed by atoms with Crippen LogP contribution in [0.1, 0.15) is 19.4 Å². The molecule has 1 aromatic rings. The van der Waals surface area contributed by atoms with Crippen LogP contribution in [0.4, 0.5) is 14.9 Å². The highest BCUT2D eigenvalue weighted by Gasteiger charge is 2.10. The van der Waals surface area contributed by atoms with E-state index in [0.717, 1.165) is 6.07 Å². The van der Waals surface area contributed by atoms with E-state index in [0.29, 0.717) is 12.2 Å². The first-order valence-corrected chi connectivity index (χ1v) is 5.53. The molecular weight excluding hydrogens is 275 g/mol. The summed E-state index contributed by atoms with van der Waals surface area (Å²) in [5.41, 5.74) is 0.310. The molecule has 0 unspecified atom stereocenters. The van der Waals surface area contributed by atoms with Gasteiger partial charge in [0.15, 0.2) is 0 Å². The van der Waals surface area contributed by atoms with Crippen molar-refractivity contribution in [2.24, 2.45) is 0 Å². The van der Waals surface area contributed by atoms with Crippen molar-refractivity contribution in [1.29, 1.82) is 5.41 Å². The topological polar surface area (TPSA) is 71.4 Å². The van der Waals surface area contributed by atoms with Gasteiger partial charge in [0.25, 0.3) is 0 Å². The molecule has 0 aliphatic heterocycles. The molecule has 0 aliphatic carbocycles. The fraction of sp³-hybridized carbons (Fsp3) is 0.333. The van der Waals surface area contributed by atoms with Gasteiger partial charge in [0.2, 0.25) is 5.90 Å². The maximum atomic E-state index is 13.6. The molecule has 19 heavy (non-hydrogen) atoms. The summed E-state index contributed by atoms with van der Waals surface area (Å²) >= 11 is 0. The Labute approximate surface area is 117 Å². The quantitative estimate of drug-likeness (QED) is 0.661.